The number of aromatic nitrogens is 1. The number of benzene rings is 2. The van der Waals surface area contributed by atoms with Crippen molar-refractivity contribution in [3.8, 4) is 16.9 Å². The van der Waals surface area contributed by atoms with Crippen LogP contribution in [0, 0.1) is 0 Å². The van der Waals surface area contributed by atoms with E-state index in [4.69, 9.17) is 9.47 Å². The summed E-state index contributed by atoms with van der Waals surface area (Å²) in [5.41, 5.74) is 7.91. The second kappa shape index (κ2) is 9.14. The van der Waals surface area contributed by atoms with Gasteiger partial charge in [-0.1, -0.05) is 49.4 Å². The molecule has 0 aliphatic rings. The molecule has 0 radical (unpaired) electrons. The number of amides is 1. The largest absolute Gasteiger partial charge is 0.489 e. The minimum Gasteiger partial charge on any atom is -0.489 e. The molecule has 6 heteroatoms. The van der Waals surface area contributed by atoms with Gasteiger partial charge in [-0.05, 0) is 53.4 Å². The Hall–Kier alpha value is -4.32. The van der Waals surface area contributed by atoms with Gasteiger partial charge in [-0.2, -0.15) is 0 Å². The summed E-state index contributed by atoms with van der Waals surface area (Å²) in [6.45, 7) is 4.07. The number of hydrogen-bond donors (Lipinski definition) is 1. The molecule has 0 spiro atoms. The molecule has 5 rings (SSSR count). The predicted octanol–water partition coefficient (Wildman–Crippen LogP) is 6.08. The summed E-state index contributed by atoms with van der Waals surface area (Å²) < 4.78 is 13.1. The third-order valence-corrected chi connectivity index (χ3v) is 6.23. The lowest BCUT2D eigenvalue weighted by Gasteiger charge is -2.09. The molecule has 0 bridgehead atoms. The monoisotopic (exact) mass is 466 g/mol. The summed E-state index contributed by atoms with van der Waals surface area (Å²) in [5.74, 6) is 0.143. The Bertz CT molecular complexity index is 1520. The van der Waals surface area contributed by atoms with Gasteiger partial charge in [0.2, 0.25) is 5.91 Å². The zero-order valence-electron chi connectivity index (χ0n) is 19.9. The van der Waals surface area contributed by atoms with E-state index in [1.807, 2.05) is 77.2 Å². The number of anilines is 1. The van der Waals surface area contributed by atoms with Crippen LogP contribution in [0.4, 0.5) is 5.69 Å². The highest BCUT2D eigenvalue weighted by Gasteiger charge is 2.25. The van der Waals surface area contributed by atoms with Crippen molar-refractivity contribution in [2.75, 3.05) is 12.4 Å². The van der Waals surface area contributed by atoms with Crippen LogP contribution in [0.15, 0.2) is 72.8 Å². The third-order valence-electron chi connectivity index (χ3n) is 6.23. The van der Waals surface area contributed by atoms with Gasteiger partial charge < -0.3 is 19.2 Å². The lowest BCUT2D eigenvalue weighted by Crippen LogP contribution is -2.09. The van der Waals surface area contributed by atoms with Crippen molar-refractivity contribution in [3.63, 3.8) is 0 Å². The maximum Gasteiger partial charge on any atom is 0.340 e. The van der Waals surface area contributed by atoms with Crippen LogP contribution in [-0.2, 0) is 22.6 Å². The Labute approximate surface area is 203 Å². The van der Waals surface area contributed by atoms with Crippen LogP contribution in [0.3, 0.4) is 0 Å². The molecule has 35 heavy (non-hydrogen) atoms. The highest BCUT2D eigenvalue weighted by molar-refractivity contribution is 6.10. The molecule has 176 valence electrons. The zero-order chi connectivity index (χ0) is 24.5. The normalized spacial score (nSPS) is 11.2. The standard InChI is InChI=1S/C29H26N2O4/c1-4-22-25-15-14-24(30-18(2)32)28-23(29(33)34-3)16-26(31(25)28)27(22)20-10-12-21(13-11-20)35-17-19-8-6-5-7-9-19/h5-16H,4,17H2,1-3H3,(H,30,32). The second-order valence-electron chi connectivity index (χ2n) is 8.44. The quantitative estimate of drug-likeness (QED) is 0.295. The van der Waals surface area contributed by atoms with E-state index >= 15 is 0 Å². The van der Waals surface area contributed by atoms with Crippen LogP contribution < -0.4 is 10.1 Å². The van der Waals surface area contributed by atoms with Gasteiger partial charge in [-0.15, -0.1) is 0 Å². The molecule has 1 N–H and O–H groups in total. The molecule has 0 unspecified atom stereocenters. The first-order valence-corrected chi connectivity index (χ1v) is 11.6. The predicted molar refractivity (Wildman–Crippen MR) is 137 cm³/mol. The Balaban J connectivity index is 1.61. The fraction of sp³-hybridized carbons (Fsp3) is 0.172. The van der Waals surface area contributed by atoms with Gasteiger partial charge in [-0.25, -0.2) is 4.79 Å². The van der Waals surface area contributed by atoms with Crippen LogP contribution >= 0.6 is 0 Å². The molecule has 5 aromatic rings. The number of carbonyl (C=O) groups excluding carboxylic acids is 2. The Morgan fingerprint density at radius 3 is 2.34 bits per heavy atom. The van der Waals surface area contributed by atoms with Crippen LogP contribution in [0.5, 0.6) is 5.75 Å². The Kier molecular flexibility index (Phi) is 5.87. The molecule has 0 aliphatic carbocycles. The van der Waals surface area contributed by atoms with Crippen molar-refractivity contribution in [2.24, 2.45) is 0 Å². The van der Waals surface area contributed by atoms with Crippen LogP contribution in [0.25, 0.3) is 27.7 Å². The Morgan fingerprint density at radius 2 is 1.69 bits per heavy atom. The van der Waals surface area contributed by atoms with Gasteiger partial charge in [0.25, 0.3) is 0 Å². The summed E-state index contributed by atoms with van der Waals surface area (Å²) in [6.07, 6.45) is 0.811. The number of methoxy groups -OCH3 is 1. The van der Waals surface area contributed by atoms with Gasteiger partial charge in [0.15, 0.2) is 0 Å². The second-order valence-corrected chi connectivity index (χ2v) is 8.44. The van der Waals surface area contributed by atoms with Crippen LogP contribution in [0.1, 0.15) is 35.3 Å². The van der Waals surface area contributed by atoms with Crippen molar-refractivity contribution in [1.82, 2.24) is 4.40 Å². The molecule has 0 fully saturated rings. The van der Waals surface area contributed by atoms with Gasteiger partial charge in [0, 0.05) is 12.5 Å². The van der Waals surface area contributed by atoms with E-state index in [2.05, 4.69) is 12.2 Å². The summed E-state index contributed by atoms with van der Waals surface area (Å²) in [5, 5.41) is 2.86. The number of nitrogens with zero attached hydrogens (tertiary/aromatic N) is 1. The van der Waals surface area contributed by atoms with E-state index in [1.165, 1.54) is 19.6 Å². The molecule has 6 nitrogen and oxygen atoms in total. The number of ether oxygens (including phenoxy) is 2. The average molecular weight is 467 g/mol. The summed E-state index contributed by atoms with van der Waals surface area (Å²) >= 11 is 0. The van der Waals surface area contributed by atoms with Crippen molar-refractivity contribution in [1.29, 1.82) is 0 Å². The fourth-order valence-electron chi connectivity index (χ4n) is 4.74. The van der Waals surface area contributed by atoms with E-state index < -0.39 is 5.97 Å². The minimum absolute atomic E-state index is 0.201. The van der Waals surface area contributed by atoms with E-state index in [-0.39, 0.29) is 5.91 Å². The number of esters is 1. The summed E-state index contributed by atoms with van der Waals surface area (Å²) in [6, 6.07) is 23.8. The lowest BCUT2D eigenvalue weighted by atomic mass is 9.99. The number of pyridine rings is 1. The van der Waals surface area contributed by atoms with Gasteiger partial charge in [0.1, 0.15) is 12.4 Å². The van der Waals surface area contributed by atoms with Crippen molar-refractivity contribution in [3.05, 3.63) is 89.5 Å². The van der Waals surface area contributed by atoms with Crippen molar-refractivity contribution in [2.45, 2.75) is 26.9 Å². The van der Waals surface area contributed by atoms with Crippen molar-refractivity contribution >= 4 is 34.1 Å². The number of rotatable bonds is 7. The summed E-state index contributed by atoms with van der Waals surface area (Å²) in [7, 11) is 1.36. The highest BCUT2D eigenvalue weighted by Crippen LogP contribution is 2.41. The molecule has 3 heterocycles. The van der Waals surface area contributed by atoms with Crippen LogP contribution in [-0.4, -0.2) is 23.4 Å². The number of hydrogen-bond acceptors (Lipinski definition) is 4. The fourth-order valence-corrected chi connectivity index (χ4v) is 4.74. The first kappa shape index (κ1) is 22.5. The van der Waals surface area contributed by atoms with E-state index in [1.54, 1.807) is 0 Å². The van der Waals surface area contributed by atoms with Crippen LogP contribution in [0.2, 0.25) is 0 Å². The SMILES string of the molecule is CCc1c(-c2ccc(OCc3ccccc3)cc2)c2cc(C(=O)OC)c3c(NC(C)=O)ccc1n23. The molecule has 0 saturated heterocycles. The van der Waals surface area contributed by atoms with Gasteiger partial charge in [0.05, 0.1) is 34.9 Å². The Morgan fingerprint density at radius 1 is 0.943 bits per heavy atom. The lowest BCUT2D eigenvalue weighted by molar-refractivity contribution is -0.114. The highest BCUT2D eigenvalue weighted by atomic mass is 16.5. The maximum absolute atomic E-state index is 12.7. The number of aryl methyl sites for hydroxylation is 1. The molecular formula is C29H26N2O4. The first-order valence-electron chi connectivity index (χ1n) is 11.6. The van der Waals surface area contributed by atoms with Gasteiger partial charge in [-0.3, -0.25) is 4.79 Å². The zero-order valence-corrected chi connectivity index (χ0v) is 19.9. The average Bonchev–Trinajstić information content (AvgIpc) is 3.42. The molecule has 0 saturated carbocycles. The maximum atomic E-state index is 12.7. The van der Waals surface area contributed by atoms with E-state index in [0.29, 0.717) is 23.4 Å². The first-order chi connectivity index (χ1) is 17.0. The molecule has 3 aromatic heterocycles. The topological polar surface area (TPSA) is 69.0 Å². The van der Waals surface area contributed by atoms with E-state index in [9.17, 15) is 9.59 Å². The van der Waals surface area contributed by atoms with Crippen molar-refractivity contribution < 1.29 is 19.1 Å². The smallest absolute Gasteiger partial charge is 0.340 e. The number of carbonyl (C=O) groups is 2. The molecule has 2 aromatic carbocycles. The molecular weight excluding hydrogens is 440 g/mol. The molecule has 0 atom stereocenters. The summed E-state index contributed by atoms with van der Waals surface area (Å²) in [4.78, 5) is 24.5. The molecule has 0 aliphatic heterocycles. The minimum atomic E-state index is -0.443. The number of nitrogens with one attached hydrogen (secondary N) is 1. The molecule has 1 amide bonds. The van der Waals surface area contributed by atoms with Gasteiger partial charge >= 0.3 is 5.97 Å². The third kappa shape index (κ3) is 3.97. The van der Waals surface area contributed by atoms with E-state index in [0.717, 1.165) is 39.9 Å².